The molecule has 0 radical (unpaired) electrons. The molecule has 1 aromatic carbocycles. The van der Waals surface area contributed by atoms with Crippen molar-refractivity contribution < 1.29 is 12.8 Å². The largest absolute Gasteiger partial charge is 0.290 e. The molecular formula is C17H20FN3O2S. The van der Waals surface area contributed by atoms with E-state index in [0.717, 1.165) is 5.69 Å². The van der Waals surface area contributed by atoms with Crippen LogP contribution >= 0.6 is 0 Å². The summed E-state index contributed by atoms with van der Waals surface area (Å²) in [5.74, 6) is 0.114. The zero-order valence-electron chi connectivity index (χ0n) is 13.3. The molecule has 24 heavy (non-hydrogen) atoms. The molecule has 5 nitrogen and oxygen atoms in total. The van der Waals surface area contributed by atoms with Gasteiger partial charge in [0.15, 0.2) is 9.84 Å². The van der Waals surface area contributed by atoms with Crippen LogP contribution in [0.4, 0.5) is 4.39 Å². The monoisotopic (exact) mass is 349 g/mol. The Balaban J connectivity index is 1.75. The normalized spacial score (nSPS) is 19.7. The zero-order chi connectivity index (χ0) is 17.2. The second-order valence-corrected chi connectivity index (χ2v) is 8.24. The van der Waals surface area contributed by atoms with Gasteiger partial charge in [-0.3, -0.25) is 4.90 Å². The van der Waals surface area contributed by atoms with E-state index < -0.39 is 9.84 Å². The van der Waals surface area contributed by atoms with Crippen LogP contribution in [-0.2, 0) is 16.4 Å². The second-order valence-electron chi connectivity index (χ2n) is 6.01. The van der Waals surface area contributed by atoms with Gasteiger partial charge < -0.3 is 0 Å². The van der Waals surface area contributed by atoms with Gasteiger partial charge in [0.05, 0.1) is 22.9 Å². The summed E-state index contributed by atoms with van der Waals surface area (Å²) in [5, 5.41) is 4.48. The number of nitrogens with zero attached hydrogens (tertiary/aromatic N) is 3. The minimum atomic E-state index is -2.94. The van der Waals surface area contributed by atoms with Gasteiger partial charge in [0, 0.05) is 25.3 Å². The van der Waals surface area contributed by atoms with Gasteiger partial charge in [-0.25, -0.2) is 17.5 Å². The minimum Gasteiger partial charge on any atom is -0.290 e. The van der Waals surface area contributed by atoms with Crippen LogP contribution < -0.4 is 0 Å². The molecule has 0 unspecified atom stereocenters. The molecule has 7 heteroatoms. The lowest BCUT2D eigenvalue weighted by molar-refractivity contribution is 0.224. The Hall–Kier alpha value is -1.99. The number of benzene rings is 1. The highest BCUT2D eigenvalue weighted by molar-refractivity contribution is 7.91. The molecule has 0 N–H and O–H groups in total. The van der Waals surface area contributed by atoms with Crippen LogP contribution in [-0.4, -0.2) is 47.2 Å². The van der Waals surface area contributed by atoms with Crippen molar-refractivity contribution in [3.63, 3.8) is 0 Å². The molecular weight excluding hydrogens is 329 g/mol. The van der Waals surface area contributed by atoms with Gasteiger partial charge in [-0.1, -0.05) is 12.1 Å². The van der Waals surface area contributed by atoms with Crippen LogP contribution in [0.1, 0.15) is 12.1 Å². The highest BCUT2D eigenvalue weighted by Gasteiger charge is 2.32. The van der Waals surface area contributed by atoms with Crippen molar-refractivity contribution in [2.45, 2.75) is 19.0 Å². The van der Waals surface area contributed by atoms with Crippen molar-refractivity contribution in [1.29, 1.82) is 0 Å². The van der Waals surface area contributed by atoms with Gasteiger partial charge in [-0.2, -0.15) is 5.10 Å². The molecule has 2 aromatic rings. The fraction of sp³-hybridized carbons (Fsp3) is 0.353. The van der Waals surface area contributed by atoms with Crippen LogP contribution in [0, 0.1) is 5.82 Å². The molecule has 1 aromatic heterocycles. The smallest absolute Gasteiger partial charge is 0.151 e. The van der Waals surface area contributed by atoms with E-state index in [-0.39, 0.29) is 23.4 Å². The van der Waals surface area contributed by atoms with Crippen LogP contribution in [0.25, 0.3) is 5.69 Å². The predicted octanol–water partition coefficient (Wildman–Crippen LogP) is 2.19. The van der Waals surface area contributed by atoms with Gasteiger partial charge in [0.1, 0.15) is 5.82 Å². The van der Waals surface area contributed by atoms with Gasteiger partial charge in [0.25, 0.3) is 0 Å². The first kappa shape index (κ1) is 16.9. The SMILES string of the molecule is C=CCN(Cc1ccn(-c2cccc(F)c2)n1)[C@@H]1CCS(=O)(=O)C1. The maximum Gasteiger partial charge on any atom is 0.151 e. The van der Waals surface area contributed by atoms with Crippen LogP contribution in [0.3, 0.4) is 0 Å². The molecule has 1 aliphatic heterocycles. The second kappa shape index (κ2) is 6.86. The summed E-state index contributed by atoms with van der Waals surface area (Å²) in [6.45, 7) is 4.89. The lowest BCUT2D eigenvalue weighted by Crippen LogP contribution is -2.36. The average Bonchev–Trinajstić information content (AvgIpc) is 3.13. The Labute approximate surface area is 141 Å². The summed E-state index contributed by atoms with van der Waals surface area (Å²) in [6, 6.07) is 8.09. The molecule has 0 amide bonds. The standard InChI is InChI=1S/C17H20FN3O2S/c1-2-8-20(17-7-10-24(22,23)13-17)12-15-6-9-21(19-15)16-5-3-4-14(18)11-16/h2-6,9,11,17H,1,7-8,10,12-13H2/t17-/m1/s1. The summed E-state index contributed by atoms with van der Waals surface area (Å²) in [4.78, 5) is 2.08. The summed E-state index contributed by atoms with van der Waals surface area (Å²) in [7, 11) is -2.94. The summed E-state index contributed by atoms with van der Waals surface area (Å²) < 4.78 is 38.4. The van der Waals surface area contributed by atoms with Crippen molar-refractivity contribution >= 4 is 9.84 Å². The fourth-order valence-electron chi connectivity index (χ4n) is 2.99. The van der Waals surface area contributed by atoms with Crippen LogP contribution in [0.2, 0.25) is 0 Å². The molecule has 1 saturated heterocycles. The van der Waals surface area contributed by atoms with E-state index in [9.17, 15) is 12.8 Å². The third kappa shape index (κ3) is 3.91. The molecule has 2 heterocycles. The maximum absolute atomic E-state index is 13.3. The molecule has 1 fully saturated rings. The molecule has 0 bridgehead atoms. The average molecular weight is 349 g/mol. The molecule has 3 rings (SSSR count). The van der Waals surface area contributed by atoms with Crippen molar-refractivity contribution in [3.05, 3.63) is 60.7 Å². The van der Waals surface area contributed by atoms with Gasteiger partial charge >= 0.3 is 0 Å². The lowest BCUT2D eigenvalue weighted by atomic mass is 10.2. The van der Waals surface area contributed by atoms with Crippen molar-refractivity contribution in [3.8, 4) is 5.69 Å². The molecule has 0 spiro atoms. The van der Waals surface area contributed by atoms with E-state index in [2.05, 4.69) is 16.6 Å². The van der Waals surface area contributed by atoms with E-state index in [4.69, 9.17) is 0 Å². The van der Waals surface area contributed by atoms with Crippen molar-refractivity contribution in [2.24, 2.45) is 0 Å². The number of sulfone groups is 1. The number of halogens is 1. The van der Waals surface area contributed by atoms with E-state index in [1.54, 1.807) is 29.1 Å². The van der Waals surface area contributed by atoms with Crippen molar-refractivity contribution in [2.75, 3.05) is 18.1 Å². The number of hydrogen-bond acceptors (Lipinski definition) is 4. The number of rotatable bonds is 6. The van der Waals surface area contributed by atoms with Gasteiger partial charge in [-0.05, 0) is 30.7 Å². The van der Waals surface area contributed by atoms with E-state index >= 15 is 0 Å². The number of hydrogen-bond donors (Lipinski definition) is 0. The first-order valence-electron chi connectivity index (χ1n) is 7.83. The first-order chi connectivity index (χ1) is 11.5. The Bertz CT molecular complexity index is 832. The Morgan fingerprint density at radius 3 is 2.92 bits per heavy atom. The molecule has 1 atom stereocenters. The minimum absolute atomic E-state index is 0.00711. The molecule has 0 aliphatic carbocycles. The molecule has 1 aliphatic rings. The third-order valence-corrected chi connectivity index (χ3v) is 5.92. The maximum atomic E-state index is 13.3. The molecule has 0 saturated carbocycles. The molecule has 128 valence electrons. The van der Waals surface area contributed by atoms with Crippen molar-refractivity contribution in [1.82, 2.24) is 14.7 Å². The van der Waals surface area contributed by atoms with Crippen LogP contribution in [0.15, 0.2) is 49.2 Å². The number of aromatic nitrogens is 2. The zero-order valence-corrected chi connectivity index (χ0v) is 14.1. The van der Waals surface area contributed by atoms with Crippen LogP contribution in [0.5, 0.6) is 0 Å². The van der Waals surface area contributed by atoms with E-state index in [0.29, 0.717) is 25.2 Å². The fourth-order valence-corrected chi connectivity index (χ4v) is 4.75. The first-order valence-corrected chi connectivity index (χ1v) is 9.65. The van der Waals surface area contributed by atoms with Gasteiger partial charge in [-0.15, -0.1) is 6.58 Å². The summed E-state index contributed by atoms with van der Waals surface area (Å²) >= 11 is 0. The third-order valence-electron chi connectivity index (χ3n) is 4.17. The topological polar surface area (TPSA) is 55.2 Å². The highest BCUT2D eigenvalue weighted by Crippen LogP contribution is 2.20. The lowest BCUT2D eigenvalue weighted by Gasteiger charge is -2.25. The summed E-state index contributed by atoms with van der Waals surface area (Å²) in [5.41, 5.74) is 1.46. The Morgan fingerprint density at radius 2 is 2.25 bits per heavy atom. The quantitative estimate of drug-likeness (QED) is 0.750. The van der Waals surface area contributed by atoms with E-state index in [1.165, 1.54) is 12.1 Å². The van der Waals surface area contributed by atoms with Gasteiger partial charge in [0.2, 0.25) is 0 Å². The van der Waals surface area contributed by atoms with E-state index in [1.807, 2.05) is 6.07 Å². The Morgan fingerprint density at radius 1 is 1.42 bits per heavy atom. The predicted molar refractivity (Wildman–Crippen MR) is 91.2 cm³/mol. The summed E-state index contributed by atoms with van der Waals surface area (Å²) in [6.07, 6.45) is 4.19. The highest BCUT2D eigenvalue weighted by atomic mass is 32.2. The Kier molecular flexibility index (Phi) is 4.82.